The van der Waals surface area contributed by atoms with Gasteiger partial charge in [0, 0.05) is 5.02 Å². The van der Waals surface area contributed by atoms with Gasteiger partial charge in [0.05, 0.1) is 0 Å². The fraction of sp³-hybridized carbons (Fsp3) is 0.500. The zero-order valence-electron chi connectivity index (χ0n) is 8.25. The number of halogens is 1. The fourth-order valence-electron chi connectivity index (χ4n) is 2.09. The van der Waals surface area contributed by atoms with Crippen molar-refractivity contribution >= 4 is 11.6 Å². The van der Waals surface area contributed by atoms with Crippen molar-refractivity contribution < 1.29 is 0 Å². The van der Waals surface area contributed by atoms with Gasteiger partial charge in [-0.05, 0) is 55.3 Å². The van der Waals surface area contributed by atoms with Crippen LogP contribution < -0.4 is 5.73 Å². The van der Waals surface area contributed by atoms with Crippen LogP contribution in [0.5, 0.6) is 0 Å². The van der Waals surface area contributed by atoms with Crippen molar-refractivity contribution in [2.45, 2.75) is 25.2 Å². The van der Waals surface area contributed by atoms with Crippen molar-refractivity contribution in [2.24, 2.45) is 11.7 Å². The van der Waals surface area contributed by atoms with Gasteiger partial charge >= 0.3 is 0 Å². The molecule has 0 amide bonds. The lowest BCUT2D eigenvalue weighted by Crippen LogP contribution is -2.09. The quantitative estimate of drug-likeness (QED) is 0.810. The van der Waals surface area contributed by atoms with E-state index < -0.39 is 0 Å². The van der Waals surface area contributed by atoms with E-state index in [1.54, 1.807) is 0 Å². The highest BCUT2D eigenvalue weighted by atomic mass is 35.5. The minimum Gasteiger partial charge on any atom is -0.330 e. The van der Waals surface area contributed by atoms with Gasteiger partial charge in [-0.25, -0.2) is 0 Å². The molecule has 1 unspecified atom stereocenters. The Balaban J connectivity index is 2.16. The van der Waals surface area contributed by atoms with Crippen molar-refractivity contribution in [1.82, 2.24) is 0 Å². The van der Waals surface area contributed by atoms with Gasteiger partial charge in [0.25, 0.3) is 0 Å². The largest absolute Gasteiger partial charge is 0.330 e. The Hall–Kier alpha value is -0.530. The molecule has 1 fully saturated rings. The maximum absolute atomic E-state index is 5.98. The van der Waals surface area contributed by atoms with Crippen molar-refractivity contribution in [3.8, 4) is 0 Å². The Morgan fingerprint density at radius 3 is 2.79 bits per heavy atom. The predicted octanol–water partition coefficient (Wildman–Crippen LogP) is 3.18. The molecule has 14 heavy (non-hydrogen) atoms. The Morgan fingerprint density at radius 1 is 1.43 bits per heavy atom. The minimum atomic E-state index is 0.638. The van der Waals surface area contributed by atoms with Crippen LogP contribution in [-0.4, -0.2) is 6.54 Å². The fourth-order valence-corrected chi connectivity index (χ4v) is 2.29. The second kappa shape index (κ2) is 4.33. The van der Waals surface area contributed by atoms with Crippen molar-refractivity contribution in [2.75, 3.05) is 6.54 Å². The Morgan fingerprint density at radius 2 is 2.21 bits per heavy atom. The summed E-state index contributed by atoms with van der Waals surface area (Å²) >= 11 is 5.98. The molecule has 2 N–H and O–H groups in total. The summed E-state index contributed by atoms with van der Waals surface area (Å²) in [6, 6.07) is 8.21. The topological polar surface area (TPSA) is 26.0 Å². The Bertz CT molecular complexity index is 307. The molecule has 2 heteroatoms. The second-order valence-electron chi connectivity index (χ2n) is 4.08. The molecule has 2 rings (SSSR count). The third kappa shape index (κ3) is 2.28. The molecule has 1 aromatic carbocycles. The summed E-state index contributed by atoms with van der Waals surface area (Å²) in [4.78, 5) is 0. The lowest BCUT2D eigenvalue weighted by Gasteiger charge is -2.15. The van der Waals surface area contributed by atoms with E-state index in [4.69, 9.17) is 17.3 Å². The van der Waals surface area contributed by atoms with E-state index in [9.17, 15) is 0 Å². The first-order valence-electron chi connectivity index (χ1n) is 5.27. The maximum atomic E-state index is 5.98. The molecule has 1 aliphatic carbocycles. The average Bonchev–Trinajstić information content (AvgIpc) is 2.97. The predicted molar refractivity (Wildman–Crippen MR) is 60.6 cm³/mol. The Labute approximate surface area is 90.3 Å². The molecule has 0 radical (unpaired) electrons. The van der Waals surface area contributed by atoms with Crippen LogP contribution in [0.2, 0.25) is 5.02 Å². The zero-order chi connectivity index (χ0) is 9.97. The first kappa shape index (κ1) is 10.0. The highest BCUT2D eigenvalue weighted by Crippen LogP contribution is 2.44. The van der Waals surface area contributed by atoms with E-state index in [0.717, 1.165) is 23.9 Å². The molecule has 0 heterocycles. The highest BCUT2D eigenvalue weighted by Gasteiger charge is 2.31. The van der Waals surface area contributed by atoms with Crippen LogP contribution in [0.15, 0.2) is 24.3 Å². The van der Waals surface area contributed by atoms with E-state index in [1.165, 1.54) is 18.4 Å². The molecule has 1 saturated carbocycles. The van der Waals surface area contributed by atoms with Crippen LogP contribution in [0.4, 0.5) is 0 Å². The molecular formula is C12H16ClN. The van der Waals surface area contributed by atoms with Gasteiger partial charge in [-0.15, -0.1) is 0 Å². The summed E-state index contributed by atoms with van der Waals surface area (Å²) < 4.78 is 0. The average molecular weight is 210 g/mol. The summed E-state index contributed by atoms with van der Waals surface area (Å²) in [6.07, 6.45) is 3.80. The molecule has 0 spiro atoms. The van der Waals surface area contributed by atoms with Gasteiger partial charge in [0.1, 0.15) is 0 Å². The van der Waals surface area contributed by atoms with Crippen LogP contribution in [0.1, 0.15) is 30.7 Å². The summed E-state index contributed by atoms with van der Waals surface area (Å²) in [7, 11) is 0. The maximum Gasteiger partial charge on any atom is 0.0408 e. The van der Waals surface area contributed by atoms with E-state index in [-0.39, 0.29) is 0 Å². The third-order valence-electron chi connectivity index (χ3n) is 2.95. The number of hydrogen-bond donors (Lipinski definition) is 1. The standard InChI is InChI=1S/C12H16ClN/c13-11-3-1-2-10(8-11)12(6-7-14)9-4-5-9/h1-3,8-9,12H,4-7,14H2. The van der Waals surface area contributed by atoms with Gasteiger partial charge < -0.3 is 5.73 Å². The van der Waals surface area contributed by atoms with Crippen LogP contribution >= 0.6 is 11.6 Å². The number of rotatable bonds is 4. The normalized spacial score (nSPS) is 18.1. The van der Waals surface area contributed by atoms with Crippen molar-refractivity contribution in [3.05, 3.63) is 34.9 Å². The molecular weight excluding hydrogens is 194 g/mol. The molecule has 0 saturated heterocycles. The summed E-state index contributed by atoms with van der Waals surface area (Å²) in [6.45, 7) is 0.772. The third-order valence-corrected chi connectivity index (χ3v) is 3.18. The smallest absolute Gasteiger partial charge is 0.0408 e. The molecule has 1 aliphatic rings. The van der Waals surface area contributed by atoms with E-state index in [0.29, 0.717) is 5.92 Å². The van der Waals surface area contributed by atoms with Gasteiger partial charge in [-0.1, -0.05) is 23.7 Å². The van der Waals surface area contributed by atoms with Crippen LogP contribution in [0.25, 0.3) is 0 Å². The summed E-state index contributed by atoms with van der Waals surface area (Å²) in [5.74, 6) is 1.50. The number of hydrogen-bond acceptors (Lipinski definition) is 1. The first-order valence-corrected chi connectivity index (χ1v) is 5.64. The number of benzene rings is 1. The van der Waals surface area contributed by atoms with Gasteiger partial charge in [-0.3, -0.25) is 0 Å². The zero-order valence-corrected chi connectivity index (χ0v) is 9.00. The monoisotopic (exact) mass is 209 g/mol. The molecule has 1 atom stereocenters. The highest BCUT2D eigenvalue weighted by molar-refractivity contribution is 6.30. The molecule has 76 valence electrons. The van der Waals surface area contributed by atoms with Gasteiger partial charge in [0.2, 0.25) is 0 Å². The molecule has 0 aromatic heterocycles. The lowest BCUT2D eigenvalue weighted by molar-refractivity contribution is 0.565. The van der Waals surface area contributed by atoms with Crippen LogP contribution in [0, 0.1) is 5.92 Å². The first-order chi connectivity index (χ1) is 6.81. The molecule has 1 aromatic rings. The Kier molecular flexibility index (Phi) is 3.09. The van der Waals surface area contributed by atoms with E-state index in [1.807, 2.05) is 12.1 Å². The summed E-state index contributed by atoms with van der Waals surface area (Å²) in [5.41, 5.74) is 7.00. The van der Waals surface area contributed by atoms with Crippen molar-refractivity contribution in [1.29, 1.82) is 0 Å². The second-order valence-corrected chi connectivity index (χ2v) is 4.51. The molecule has 0 aliphatic heterocycles. The SMILES string of the molecule is NCCC(c1cccc(Cl)c1)C1CC1. The molecule has 0 bridgehead atoms. The summed E-state index contributed by atoms with van der Waals surface area (Å²) in [5, 5.41) is 0.838. The molecule has 1 nitrogen and oxygen atoms in total. The number of nitrogens with two attached hydrogens (primary N) is 1. The van der Waals surface area contributed by atoms with E-state index in [2.05, 4.69) is 12.1 Å². The van der Waals surface area contributed by atoms with Gasteiger partial charge in [0.15, 0.2) is 0 Å². The van der Waals surface area contributed by atoms with Crippen molar-refractivity contribution in [3.63, 3.8) is 0 Å². The lowest BCUT2D eigenvalue weighted by atomic mass is 9.91. The van der Waals surface area contributed by atoms with Gasteiger partial charge in [-0.2, -0.15) is 0 Å². The minimum absolute atomic E-state index is 0.638. The van der Waals surface area contributed by atoms with Crippen LogP contribution in [-0.2, 0) is 0 Å². The van der Waals surface area contributed by atoms with E-state index >= 15 is 0 Å². The van der Waals surface area contributed by atoms with Crippen LogP contribution in [0.3, 0.4) is 0 Å².